The van der Waals surface area contributed by atoms with Crippen molar-refractivity contribution in [2.24, 2.45) is 5.73 Å². The molecule has 0 aliphatic heterocycles. The number of carbonyl (C=O) groups excluding carboxylic acids is 1. The van der Waals surface area contributed by atoms with Crippen molar-refractivity contribution in [1.82, 2.24) is 15.2 Å². The van der Waals surface area contributed by atoms with Gasteiger partial charge in [-0.3, -0.25) is 4.79 Å². The third kappa shape index (κ3) is 6.58. The van der Waals surface area contributed by atoms with Gasteiger partial charge >= 0.3 is 12.3 Å². The molecule has 0 aliphatic carbocycles. The van der Waals surface area contributed by atoms with Crippen molar-refractivity contribution < 1.29 is 45.8 Å². The van der Waals surface area contributed by atoms with Gasteiger partial charge < -0.3 is 30.2 Å². The summed E-state index contributed by atoms with van der Waals surface area (Å²) in [6, 6.07) is 5.60. The normalized spacial score (nSPS) is 12.3. The molecule has 4 N–H and O–H groups in total. The van der Waals surface area contributed by atoms with E-state index in [0.717, 1.165) is 41.3 Å². The number of carbonyl (C=O) groups is 2. The number of nitrogens with two attached hydrogens (primary N) is 1. The number of alkyl halides is 3. The van der Waals surface area contributed by atoms with Crippen molar-refractivity contribution in [2.45, 2.75) is 12.3 Å². The Kier molecular flexibility index (Phi) is 8.93. The van der Waals surface area contributed by atoms with E-state index in [1.54, 1.807) is 7.05 Å². The first kappa shape index (κ1) is 28.8. The quantitative estimate of drug-likeness (QED) is 0.282. The van der Waals surface area contributed by atoms with Gasteiger partial charge in [0.25, 0.3) is 5.91 Å². The minimum absolute atomic E-state index is 0.0300. The molecular formula is C23H20BrF5N4O5. The van der Waals surface area contributed by atoms with E-state index in [1.165, 1.54) is 0 Å². The summed E-state index contributed by atoms with van der Waals surface area (Å²) < 4.78 is 78.8. The minimum Gasteiger partial charge on any atom is -0.476 e. The van der Waals surface area contributed by atoms with Crippen molar-refractivity contribution in [3.63, 3.8) is 0 Å². The van der Waals surface area contributed by atoms with Gasteiger partial charge in [-0.15, -0.1) is 0 Å². The Bertz CT molecular complexity index is 1320. The standard InChI is InChI=1S/C23H20BrF5N4O5/c1-31-8-9-33(22(35)36)10-15(37-14-7-6-13(25)16(17(14)26)20(30)34)21-32-18(19(24)38-21)11-2-4-12(5-3-11)23(27,28)29/h2-7,15,31H,8-10H2,1H3,(H2,30,34)(H,35,36). The number of primary amides is 1. The summed E-state index contributed by atoms with van der Waals surface area (Å²) in [5.41, 5.74) is 3.37. The molecule has 0 spiro atoms. The Labute approximate surface area is 220 Å². The fourth-order valence-corrected chi connectivity index (χ4v) is 3.81. The molecule has 204 valence electrons. The molecular weight excluding hydrogens is 587 g/mol. The lowest BCUT2D eigenvalue weighted by atomic mass is 10.1. The van der Waals surface area contributed by atoms with Crippen LogP contribution in [0.4, 0.5) is 26.7 Å². The molecule has 3 aromatic rings. The fourth-order valence-electron chi connectivity index (χ4n) is 3.33. The molecule has 0 fully saturated rings. The van der Waals surface area contributed by atoms with Crippen LogP contribution in [0.5, 0.6) is 5.75 Å². The molecule has 2 aromatic carbocycles. The second kappa shape index (κ2) is 11.8. The van der Waals surface area contributed by atoms with Gasteiger partial charge in [0.05, 0.1) is 12.1 Å². The van der Waals surface area contributed by atoms with E-state index in [-0.39, 0.29) is 34.9 Å². The molecule has 15 heteroatoms. The number of nitrogens with zero attached hydrogens (tertiary/aromatic N) is 2. The lowest BCUT2D eigenvalue weighted by Crippen LogP contribution is -2.39. The molecule has 0 saturated heterocycles. The number of amides is 2. The summed E-state index contributed by atoms with van der Waals surface area (Å²) in [7, 11) is 1.59. The number of aromatic nitrogens is 1. The maximum atomic E-state index is 14.9. The van der Waals surface area contributed by atoms with E-state index in [1.807, 2.05) is 0 Å². The largest absolute Gasteiger partial charge is 0.476 e. The van der Waals surface area contributed by atoms with Crippen molar-refractivity contribution in [1.29, 1.82) is 0 Å². The molecule has 1 unspecified atom stereocenters. The molecule has 9 nitrogen and oxygen atoms in total. The summed E-state index contributed by atoms with van der Waals surface area (Å²) in [6.45, 7) is -0.251. The van der Waals surface area contributed by atoms with E-state index in [0.29, 0.717) is 0 Å². The van der Waals surface area contributed by atoms with Crippen LogP contribution in [-0.4, -0.2) is 53.7 Å². The van der Waals surface area contributed by atoms with Crippen LogP contribution in [0.2, 0.25) is 0 Å². The summed E-state index contributed by atoms with van der Waals surface area (Å²) in [4.78, 5) is 28.4. The van der Waals surface area contributed by atoms with Crippen LogP contribution in [0.1, 0.15) is 27.9 Å². The first-order chi connectivity index (χ1) is 17.8. The van der Waals surface area contributed by atoms with Crippen LogP contribution in [0.3, 0.4) is 0 Å². The van der Waals surface area contributed by atoms with Crippen LogP contribution >= 0.6 is 15.9 Å². The Morgan fingerprint density at radius 1 is 1.21 bits per heavy atom. The summed E-state index contributed by atoms with van der Waals surface area (Å²) in [6.07, 6.45) is -7.36. The second-order valence-corrected chi connectivity index (χ2v) is 8.51. The van der Waals surface area contributed by atoms with Crippen molar-refractivity contribution >= 4 is 27.9 Å². The zero-order valence-electron chi connectivity index (χ0n) is 19.5. The summed E-state index contributed by atoms with van der Waals surface area (Å²) >= 11 is 3.13. The Hall–Kier alpha value is -3.72. The lowest BCUT2D eigenvalue weighted by Gasteiger charge is -2.24. The van der Waals surface area contributed by atoms with Gasteiger partial charge in [-0.25, -0.2) is 18.6 Å². The SMILES string of the molecule is CNCCN(CC(Oc1ccc(F)c(C(N)=O)c1F)c1nc(-c2ccc(C(F)(F)F)cc2)c(Br)o1)C(=O)O. The molecule has 0 radical (unpaired) electrons. The average molecular weight is 607 g/mol. The number of likely N-dealkylation sites (N-methyl/N-ethyl adjacent to an activating group) is 1. The highest BCUT2D eigenvalue weighted by molar-refractivity contribution is 9.10. The van der Waals surface area contributed by atoms with Crippen molar-refractivity contribution in [3.05, 3.63) is 69.7 Å². The van der Waals surface area contributed by atoms with Gasteiger partial charge in [0.15, 0.2) is 22.3 Å². The number of carboxylic acid groups (broad SMARTS) is 1. The molecule has 1 aromatic heterocycles. The van der Waals surface area contributed by atoms with Crippen LogP contribution in [0.25, 0.3) is 11.3 Å². The Balaban J connectivity index is 2.03. The van der Waals surface area contributed by atoms with Gasteiger partial charge in [-0.05, 0) is 47.2 Å². The maximum Gasteiger partial charge on any atom is 0.416 e. The van der Waals surface area contributed by atoms with E-state index in [2.05, 4.69) is 26.2 Å². The molecule has 1 atom stereocenters. The van der Waals surface area contributed by atoms with E-state index in [9.17, 15) is 36.6 Å². The van der Waals surface area contributed by atoms with Gasteiger partial charge in [-0.2, -0.15) is 13.2 Å². The maximum absolute atomic E-state index is 14.9. The van der Waals surface area contributed by atoms with Gasteiger partial charge in [-0.1, -0.05) is 12.1 Å². The highest BCUT2D eigenvalue weighted by Crippen LogP contribution is 2.36. The number of halogens is 6. The molecule has 2 amide bonds. The van der Waals surface area contributed by atoms with Gasteiger partial charge in [0.1, 0.15) is 17.1 Å². The molecule has 0 aliphatic rings. The first-order valence-corrected chi connectivity index (χ1v) is 11.5. The Morgan fingerprint density at radius 3 is 2.42 bits per heavy atom. The number of ether oxygens (including phenoxy) is 1. The highest BCUT2D eigenvalue weighted by atomic mass is 79.9. The van der Waals surface area contributed by atoms with Crippen LogP contribution in [0.15, 0.2) is 45.5 Å². The summed E-state index contributed by atoms with van der Waals surface area (Å²) in [5, 5.41) is 12.4. The van der Waals surface area contributed by atoms with E-state index in [4.69, 9.17) is 14.9 Å². The number of nitrogens with one attached hydrogen (secondary N) is 1. The third-order valence-corrected chi connectivity index (χ3v) is 5.76. The van der Waals surface area contributed by atoms with Crippen molar-refractivity contribution in [2.75, 3.05) is 26.7 Å². The fraction of sp³-hybridized carbons (Fsp3) is 0.261. The zero-order valence-corrected chi connectivity index (χ0v) is 21.1. The third-order valence-electron chi connectivity index (χ3n) is 5.22. The molecule has 0 saturated carbocycles. The highest BCUT2D eigenvalue weighted by Gasteiger charge is 2.32. The van der Waals surface area contributed by atoms with Crippen molar-refractivity contribution in [3.8, 4) is 17.0 Å². The second-order valence-electron chi connectivity index (χ2n) is 7.79. The first-order valence-electron chi connectivity index (χ1n) is 10.7. The number of oxazole rings is 1. The van der Waals surface area contributed by atoms with Gasteiger partial charge in [0, 0.05) is 18.7 Å². The Morgan fingerprint density at radius 2 is 1.87 bits per heavy atom. The lowest BCUT2D eigenvalue weighted by molar-refractivity contribution is -0.137. The monoisotopic (exact) mass is 606 g/mol. The molecule has 38 heavy (non-hydrogen) atoms. The number of benzene rings is 2. The topological polar surface area (TPSA) is 131 Å². The predicted octanol–water partition coefficient (Wildman–Crippen LogP) is 4.82. The van der Waals surface area contributed by atoms with Crippen LogP contribution in [0, 0.1) is 11.6 Å². The molecule has 3 rings (SSSR count). The number of hydrogen-bond donors (Lipinski definition) is 3. The van der Waals surface area contributed by atoms with E-state index < -0.39 is 59.3 Å². The predicted molar refractivity (Wildman–Crippen MR) is 126 cm³/mol. The van der Waals surface area contributed by atoms with Gasteiger partial charge in [0.2, 0.25) is 5.89 Å². The molecule has 1 heterocycles. The molecule has 0 bridgehead atoms. The minimum atomic E-state index is -4.56. The average Bonchev–Trinajstić information content (AvgIpc) is 3.23. The summed E-state index contributed by atoms with van der Waals surface area (Å²) in [5.74, 6) is -4.98. The van der Waals surface area contributed by atoms with Crippen LogP contribution in [-0.2, 0) is 6.18 Å². The zero-order chi connectivity index (χ0) is 28.2. The van der Waals surface area contributed by atoms with E-state index >= 15 is 0 Å². The number of hydrogen-bond acceptors (Lipinski definition) is 6. The van der Waals surface area contributed by atoms with Crippen LogP contribution < -0.4 is 15.8 Å². The smallest absolute Gasteiger partial charge is 0.416 e. The number of rotatable bonds is 10.